The van der Waals surface area contributed by atoms with Gasteiger partial charge in [0.2, 0.25) is 0 Å². The van der Waals surface area contributed by atoms with Gasteiger partial charge in [0.1, 0.15) is 0 Å². The molecule has 92 valence electrons. The van der Waals surface area contributed by atoms with Crippen molar-refractivity contribution in [2.45, 2.75) is 27.7 Å². The van der Waals surface area contributed by atoms with Crippen molar-refractivity contribution in [1.29, 1.82) is 0 Å². The van der Waals surface area contributed by atoms with E-state index in [-0.39, 0.29) is 5.57 Å². The van der Waals surface area contributed by atoms with Crippen LogP contribution in [0.5, 0.6) is 0 Å². The Hall–Kier alpha value is -1.85. The third kappa shape index (κ3) is 10.2. The Morgan fingerprint density at radius 1 is 1.00 bits per heavy atom. The van der Waals surface area contributed by atoms with Gasteiger partial charge >= 0.3 is 17.9 Å². The van der Waals surface area contributed by atoms with Crippen LogP contribution in [0.15, 0.2) is 11.6 Å². The topological polar surface area (TPSA) is 112 Å². The van der Waals surface area contributed by atoms with Crippen molar-refractivity contribution in [3.05, 3.63) is 11.6 Å². The molecule has 0 saturated heterocycles. The lowest BCUT2D eigenvalue weighted by Crippen LogP contribution is -2.18. The Bertz CT molecular complexity index is 308. The van der Waals surface area contributed by atoms with Crippen LogP contribution in [0.4, 0.5) is 0 Å². The van der Waals surface area contributed by atoms with Crippen LogP contribution in [0.1, 0.15) is 27.7 Å². The third-order valence-corrected chi connectivity index (χ3v) is 1.32. The van der Waals surface area contributed by atoms with Crippen LogP contribution in [0.3, 0.4) is 0 Å². The molecule has 0 saturated carbocycles. The number of carboxylic acid groups (broad SMARTS) is 3. The second-order valence-electron chi connectivity index (χ2n) is 4.03. The first kappa shape index (κ1) is 16.6. The van der Waals surface area contributed by atoms with Gasteiger partial charge in [0, 0.05) is 11.6 Å². The van der Waals surface area contributed by atoms with Crippen molar-refractivity contribution in [2.24, 2.45) is 5.41 Å². The summed E-state index contributed by atoms with van der Waals surface area (Å²) >= 11 is 0. The van der Waals surface area contributed by atoms with Crippen LogP contribution < -0.4 is 0 Å². The van der Waals surface area contributed by atoms with Gasteiger partial charge in [-0.1, -0.05) is 0 Å². The summed E-state index contributed by atoms with van der Waals surface area (Å²) in [4.78, 5) is 29.7. The van der Waals surface area contributed by atoms with Gasteiger partial charge in [0.25, 0.3) is 0 Å². The predicted octanol–water partition coefficient (Wildman–Crippen LogP) is 1.22. The van der Waals surface area contributed by atoms with E-state index >= 15 is 0 Å². The number of carbonyl (C=O) groups is 3. The Morgan fingerprint density at radius 2 is 1.31 bits per heavy atom. The van der Waals surface area contributed by atoms with Gasteiger partial charge in [-0.2, -0.15) is 0 Å². The molecule has 0 heterocycles. The highest BCUT2D eigenvalue weighted by Gasteiger charge is 2.18. The van der Waals surface area contributed by atoms with Crippen LogP contribution in [-0.4, -0.2) is 33.2 Å². The molecule has 0 aliphatic heterocycles. The predicted molar refractivity (Wildman–Crippen MR) is 56.1 cm³/mol. The summed E-state index contributed by atoms with van der Waals surface area (Å²) in [5.74, 6) is -3.21. The van der Waals surface area contributed by atoms with Crippen molar-refractivity contribution < 1.29 is 29.7 Å². The minimum absolute atomic E-state index is 0.178. The van der Waals surface area contributed by atoms with Crippen molar-refractivity contribution in [2.75, 3.05) is 0 Å². The molecule has 0 spiro atoms. The summed E-state index contributed by atoms with van der Waals surface area (Å²) < 4.78 is 0. The molecule has 6 heteroatoms. The van der Waals surface area contributed by atoms with Crippen molar-refractivity contribution in [3.63, 3.8) is 0 Å². The summed E-state index contributed by atoms with van der Waals surface area (Å²) in [6.07, 6.45) is 0.641. The van der Waals surface area contributed by atoms with Crippen molar-refractivity contribution >= 4 is 17.9 Å². The number of carboxylic acids is 3. The van der Waals surface area contributed by atoms with Crippen LogP contribution in [0.25, 0.3) is 0 Å². The normalized spacial score (nSPS) is 11.1. The fourth-order valence-corrected chi connectivity index (χ4v) is 0.247. The molecule has 0 fully saturated rings. The summed E-state index contributed by atoms with van der Waals surface area (Å²) in [6.45, 7) is 6.20. The van der Waals surface area contributed by atoms with E-state index < -0.39 is 23.3 Å². The first-order chi connectivity index (χ1) is 6.98. The quantitative estimate of drug-likeness (QED) is 0.617. The molecule has 0 unspecified atom stereocenters. The molecule has 0 aliphatic carbocycles. The molecular weight excluding hydrogens is 216 g/mol. The minimum Gasteiger partial charge on any atom is -0.481 e. The second-order valence-corrected chi connectivity index (χ2v) is 4.03. The molecule has 0 amide bonds. The maximum atomic E-state index is 10.0. The van der Waals surface area contributed by atoms with E-state index in [0.717, 1.165) is 0 Å². The highest BCUT2D eigenvalue weighted by Crippen LogP contribution is 2.11. The summed E-state index contributed by atoms with van der Waals surface area (Å²) in [7, 11) is 0. The van der Waals surface area contributed by atoms with Crippen molar-refractivity contribution in [3.8, 4) is 0 Å². The Morgan fingerprint density at radius 3 is 1.38 bits per heavy atom. The van der Waals surface area contributed by atoms with Crippen LogP contribution in [0, 0.1) is 5.41 Å². The molecule has 0 aromatic heterocycles. The molecule has 3 N–H and O–H groups in total. The lowest BCUT2D eigenvalue weighted by atomic mass is 9.98. The van der Waals surface area contributed by atoms with E-state index in [1.807, 2.05) is 0 Å². The number of hydrogen-bond donors (Lipinski definition) is 3. The molecular formula is C10H16O6. The highest BCUT2D eigenvalue weighted by atomic mass is 16.4. The molecule has 0 aromatic carbocycles. The fraction of sp³-hybridized carbons (Fsp3) is 0.500. The molecule has 0 aromatic rings. The van der Waals surface area contributed by atoms with Gasteiger partial charge in [-0.3, -0.25) is 4.79 Å². The average molecular weight is 232 g/mol. The Balaban J connectivity index is 0. The van der Waals surface area contributed by atoms with E-state index in [1.54, 1.807) is 20.8 Å². The molecule has 0 rings (SSSR count). The second kappa shape index (κ2) is 6.60. The van der Waals surface area contributed by atoms with Gasteiger partial charge in [-0.15, -0.1) is 0 Å². The molecule has 6 nitrogen and oxygen atoms in total. The summed E-state index contributed by atoms with van der Waals surface area (Å²) in [5, 5.41) is 24.3. The smallest absolute Gasteiger partial charge is 0.331 e. The first-order valence-electron chi connectivity index (χ1n) is 4.36. The van der Waals surface area contributed by atoms with Gasteiger partial charge in [-0.05, 0) is 27.7 Å². The van der Waals surface area contributed by atoms with Crippen molar-refractivity contribution in [1.82, 2.24) is 0 Å². The number of aliphatic carboxylic acids is 3. The third-order valence-electron chi connectivity index (χ3n) is 1.32. The molecule has 0 bridgehead atoms. The molecule has 0 aliphatic rings. The van der Waals surface area contributed by atoms with Gasteiger partial charge in [-0.25, -0.2) is 9.59 Å². The Kier molecular flexibility index (Phi) is 6.84. The Labute approximate surface area is 93.2 Å². The largest absolute Gasteiger partial charge is 0.481 e. The lowest BCUT2D eigenvalue weighted by molar-refractivity contribution is -0.145. The maximum absolute atomic E-state index is 10.0. The van der Waals surface area contributed by atoms with E-state index in [4.69, 9.17) is 15.3 Å². The van der Waals surface area contributed by atoms with Crippen LogP contribution in [-0.2, 0) is 14.4 Å². The molecule has 0 radical (unpaired) electrons. The molecule has 16 heavy (non-hydrogen) atoms. The zero-order chi connectivity index (χ0) is 13.5. The number of hydrogen-bond acceptors (Lipinski definition) is 3. The maximum Gasteiger partial charge on any atom is 0.331 e. The standard InChI is InChI=1S/C5H6O4.C5H10O2/c1-3(5(8)9)2-4(6)7;1-5(2,3)4(6)7/h2H,1H3,(H,6,7)(H,8,9);1-3H3,(H,6,7)/b3-2-;. The van der Waals surface area contributed by atoms with Crippen LogP contribution in [0.2, 0.25) is 0 Å². The van der Waals surface area contributed by atoms with Gasteiger partial charge in [0.05, 0.1) is 5.41 Å². The van der Waals surface area contributed by atoms with E-state index in [0.29, 0.717) is 6.08 Å². The average Bonchev–Trinajstić information content (AvgIpc) is 2.01. The monoisotopic (exact) mass is 232 g/mol. The van der Waals surface area contributed by atoms with Gasteiger partial charge in [0.15, 0.2) is 0 Å². The lowest BCUT2D eigenvalue weighted by Gasteiger charge is -2.08. The first-order valence-corrected chi connectivity index (χ1v) is 4.36. The fourth-order valence-electron chi connectivity index (χ4n) is 0.247. The summed E-state index contributed by atoms with van der Waals surface area (Å²) in [6, 6.07) is 0. The van der Waals surface area contributed by atoms with E-state index in [9.17, 15) is 14.4 Å². The van der Waals surface area contributed by atoms with E-state index in [1.165, 1.54) is 6.92 Å². The zero-order valence-corrected chi connectivity index (χ0v) is 9.64. The SMILES string of the molecule is C/C(=C/C(=O)O)C(=O)O.CC(C)(C)C(=O)O. The minimum atomic E-state index is -1.24. The number of rotatable bonds is 2. The zero-order valence-electron chi connectivity index (χ0n) is 9.64. The highest BCUT2D eigenvalue weighted by molar-refractivity contribution is 5.93. The van der Waals surface area contributed by atoms with E-state index in [2.05, 4.69) is 0 Å². The van der Waals surface area contributed by atoms with Crippen LogP contribution >= 0.6 is 0 Å². The molecule has 0 atom stereocenters. The summed E-state index contributed by atoms with van der Waals surface area (Å²) in [5.41, 5.74) is -0.762. The van der Waals surface area contributed by atoms with Gasteiger partial charge < -0.3 is 15.3 Å².